The van der Waals surface area contributed by atoms with Crippen molar-refractivity contribution >= 4 is 56.5 Å². The number of anilines is 1. The molecular formula is C40H43Cl2N2O8S+. The van der Waals surface area contributed by atoms with Crippen molar-refractivity contribution in [1.29, 1.82) is 0 Å². The molecule has 0 aliphatic carbocycles. The number of carboxylic acid groups (broad SMARTS) is 2. The van der Waals surface area contributed by atoms with Crippen molar-refractivity contribution < 1.29 is 37.5 Å². The maximum atomic E-state index is 13.2. The standard InChI is InChI=1S/C40H42Cl2N2O8S/c1-6-19-16-39(2,3)43-11-7-9-21-33(43)23(19)13-25-29(30-28(41)15-27(37(45)46)32(42)31(30)38(47)48)26-14-24-20(18-53(49,50)51)17-40(4,5)44-12-8-10-22(34(24)44)36(26)52-35(21)25/h13-15,19-20H,6-12,16-18H2,1-5H3,(H2-,45,46,47,48,49,50,51)/p+1. The zero-order valence-corrected chi connectivity index (χ0v) is 32.7. The van der Waals surface area contributed by atoms with E-state index in [1.165, 1.54) is 6.07 Å². The molecule has 3 aromatic carbocycles. The smallest absolute Gasteiger partial charge is 0.337 e. The monoisotopic (exact) mass is 781 g/mol. The van der Waals surface area contributed by atoms with Gasteiger partial charge in [-0.2, -0.15) is 8.42 Å². The molecule has 0 bridgehead atoms. The molecule has 0 saturated carbocycles. The number of fused-ring (bicyclic) bond motifs is 4. The van der Waals surface area contributed by atoms with Gasteiger partial charge in [0.05, 0.1) is 32.5 Å². The van der Waals surface area contributed by atoms with Gasteiger partial charge in [-0.3, -0.25) is 4.55 Å². The Morgan fingerprint density at radius 2 is 1.68 bits per heavy atom. The molecule has 0 fully saturated rings. The minimum absolute atomic E-state index is 0.0752. The largest absolute Gasteiger partial charge is 0.478 e. The third-order valence-corrected chi connectivity index (χ3v) is 13.8. The minimum atomic E-state index is -4.38. The van der Waals surface area contributed by atoms with Gasteiger partial charge in [0.15, 0.2) is 5.54 Å². The molecule has 0 spiro atoms. The lowest BCUT2D eigenvalue weighted by Gasteiger charge is -2.51. The number of nitrogens with zero attached hydrogens (tertiary/aromatic N) is 2. The highest BCUT2D eigenvalue weighted by Gasteiger charge is 2.47. The third kappa shape index (κ3) is 5.51. The first-order chi connectivity index (χ1) is 24.8. The molecule has 0 radical (unpaired) electrons. The Hall–Kier alpha value is -3.64. The van der Waals surface area contributed by atoms with Crippen LogP contribution in [0.5, 0.6) is 11.5 Å². The van der Waals surface area contributed by atoms with Crippen molar-refractivity contribution in [2.45, 2.75) is 102 Å². The summed E-state index contributed by atoms with van der Waals surface area (Å²) >= 11 is 13.7. The van der Waals surface area contributed by atoms with Gasteiger partial charge in [-0.25, -0.2) is 14.2 Å². The van der Waals surface area contributed by atoms with Crippen LogP contribution in [0, 0.1) is 0 Å². The van der Waals surface area contributed by atoms with Crippen molar-refractivity contribution in [3.8, 4) is 11.5 Å². The normalized spacial score (nSPS) is 21.9. The first-order valence-corrected chi connectivity index (χ1v) is 20.7. The summed E-state index contributed by atoms with van der Waals surface area (Å²) in [5.41, 5.74) is 4.32. The molecule has 5 aliphatic rings. The molecule has 13 heteroatoms. The quantitative estimate of drug-likeness (QED) is 0.143. The van der Waals surface area contributed by atoms with Crippen molar-refractivity contribution in [1.82, 2.24) is 4.58 Å². The van der Waals surface area contributed by atoms with Crippen LogP contribution in [0.4, 0.5) is 5.69 Å². The van der Waals surface area contributed by atoms with Crippen LogP contribution in [0.1, 0.15) is 133 Å². The summed E-state index contributed by atoms with van der Waals surface area (Å²) in [7, 11) is -4.38. The predicted octanol–water partition coefficient (Wildman–Crippen LogP) is 6.76. The summed E-state index contributed by atoms with van der Waals surface area (Å²) in [6.07, 6.45) is 5.31. The highest BCUT2D eigenvalue weighted by molar-refractivity contribution is 7.85. The lowest BCUT2D eigenvalue weighted by Crippen LogP contribution is -2.56. The molecule has 3 N–H and O–H groups in total. The van der Waals surface area contributed by atoms with Crippen LogP contribution in [0.3, 0.4) is 0 Å². The molecular weight excluding hydrogens is 739 g/mol. The van der Waals surface area contributed by atoms with Gasteiger partial charge in [-0.05, 0) is 89.5 Å². The summed E-state index contributed by atoms with van der Waals surface area (Å²) in [6, 6.07) is 5.19. The molecule has 0 amide bonds. The van der Waals surface area contributed by atoms with Crippen LogP contribution in [0.15, 0.2) is 18.2 Å². The Morgan fingerprint density at radius 3 is 2.34 bits per heavy atom. The van der Waals surface area contributed by atoms with Gasteiger partial charge in [0.1, 0.15) is 18.0 Å². The van der Waals surface area contributed by atoms with E-state index in [0.29, 0.717) is 40.7 Å². The molecule has 0 saturated heterocycles. The van der Waals surface area contributed by atoms with Crippen LogP contribution < -0.4 is 24.8 Å². The number of hydrogen-bond acceptors (Lipinski definition) is 6. The van der Waals surface area contributed by atoms with E-state index in [-0.39, 0.29) is 22.0 Å². The van der Waals surface area contributed by atoms with Gasteiger partial charge in [0, 0.05) is 69.6 Å². The second-order valence-electron chi connectivity index (χ2n) is 16.5. The van der Waals surface area contributed by atoms with Gasteiger partial charge in [0.2, 0.25) is 5.36 Å². The number of rotatable bonds is 6. The number of aromatic carboxylic acids is 2. The molecule has 2 unspecified atom stereocenters. The summed E-state index contributed by atoms with van der Waals surface area (Å²) in [5, 5.41) is 22.0. The Morgan fingerprint density at radius 1 is 0.962 bits per heavy atom. The van der Waals surface area contributed by atoms with Crippen LogP contribution >= 0.6 is 23.2 Å². The lowest BCUT2D eigenvalue weighted by atomic mass is 9.74. The first kappa shape index (κ1) is 36.3. The fourth-order valence-corrected chi connectivity index (χ4v) is 11.6. The van der Waals surface area contributed by atoms with E-state index in [0.717, 1.165) is 78.5 Å². The molecule has 5 aliphatic heterocycles. The van der Waals surface area contributed by atoms with E-state index in [1.54, 1.807) is 0 Å². The molecule has 8 rings (SSSR count). The number of halogens is 2. The fraction of sp³-hybridized carbons (Fsp3) is 0.475. The van der Waals surface area contributed by atoms with E-state index >= 15 is 0 Å². The van der Waals surface area contributed by atoms with Crippen LogP contribution in [0.2, 0.25) is 10.0 Å². The third-order valence-electron chi connectivity index (χ3n) is 12.3. The Balaban J connectivity index is 1.59. The number of ether oxygens (including phenoxy) is 1. The van der Waals surface area contributed by atoms with Crippen molar-refractivity contribution in [3.05, 3.63) is 83.3 Å². The highest BCUT2D eigenvalue weighted by Crippen LogP contribution is 2.55. The number of carboxylic acids is 2. The number of hydrogen-bond donors (Lipinski definition) is 3. The van der Waals surface area contributed by atoms with E-state index in [2.05, 4.69) is 50.2 Å². The van der Waals surface area contributed by atoms with E-state index in [1.807, 2.05) is 6.07 Å². The molecule has 5 heterocycles. The SMILES string of the molecule is CCC1CC(C)(C)[N+]2=c3c1cc1c(c3CCC2)Oc2c(cc3c4c2CCCN4C(C)(C)CC3CS(=O)(=O)O)C=1c1c(Cl)cc(C(=O)O)c(Cl)c1C(=O)O. The van der Waals surface area contributed by atoms with Gasteiger partial charge in [0.25, 0.3) is 10.1 Å². The Bertz CT molecular complexity index is 2440. The Kier molecular flexibility index (Phi) is 8.35. The zero-order valence-electron chi connectivity index (χ0n) is 30.4. The molecule has 10 nitrogen and oxygen atoms in total. The highest BCUT2D eigenvalue weighted by atomic mass is 35.5. The van der Waals surface area contributed by atoms with Crippen LogP contribution in [-0.2, 0) is 23.0 Å². The lowest BCUT2D eigenvalue weighted by molar-refractivity contribution is 0.0695. The van der Waals surface area contributed by atoms with Crippen molar-refractivity contribution in [3.63, 3.8) is 0 Å². The zero-order chi connectivity index (χ0) is 38.1. The summed E-state index contributed by atoms with van der Waals surface area (Å²) in [5.74, 6) is -2.55. The van der Waals surface area contributed by atoms with Gasteiger partial charge < -0.3 is 19.8 Å². The van der Waals surface area contributed by atoms with E-state index in [9.17, 15) is 32.8 Å². The van der Waals surface area contributed by atoms with Crippen molar-refractivity contribution in [2.24, 2.45) is 0 Å². The second kappa shape index (κ2) is 12.2. The Labute approximate surface area is 318 Å². The molecule has 2 atom stereocenters. The van der Waals surface area contributed by atoms with Crippen LogP contribution in [-0.4, -0.2) is 65.0 Å². The van der Waals surface area contributed by atoms with E-state index in [4.69, 9.17) is 27.9 Å². The number of carbonyl (C=O) groups is 2. The minimum Gasteiger partial charge on any atom is -0.478 e. The maximum absolute atomic E-state index is 13.2. The summed E-state index contributed by atoms with van der Waals surface area (Å²) < 4.78 is 44.8. The first-order valence-electron chi connectivity index (χ1n) is 18.3. The maximum Gasteiger partial charge on any atom is 0.337 e. The molecule has 0 aromatic heterocycles. The van der Waals surface area contributed by atoms with Crippen molar-refractivity contribution in [2.75, 3.05) is 23.7 Å². The second-order valence-corrected chi connectivity index (χ2v) is 18.8. The fourth-order valence-electron chi connectivity index (χ4n) is 10.2. The molecule has 280 valence electrons. The van der Waals surface area contributed by atoms with Gasteiger partial charge >= 0.3 is 11.9 Å². The number of benzene rings is 3. The average molecular weight is 783 g/mol. The van der Waals surface area contributed by atoms with Crippen LogP contribution in [0.25, 0.3) is 5.57 Å². The molecule has 3 aromatic rings. The summed E-state index contributed by atoms with van der Waals surface area (Å²) in [6.45, 7) is 12.5. The van der Waals surface area contributed by atoms with Gasteiger partial charge in [-0.1, -0.05) is 30.1 Å². The predicted molar refractivity (Wildman–Crippen MR) is 204 cm³/mol. The molecule has 53 heavy (non-hydrogen) atoms. The topological polar surface area (TPSA) is 144 Å². The van der Waals surface area contributed by atoms with Gasteiger partial charge in [-0.15, -0.1) is 0 Å². The summed E-state index contributed by atoms with van der Waals surface area (Å²) in [4.78, 5) is 27.8. The van der Waals surface area contributed by atoms with E-state index < -0.39 is 55.4 Å². The average Bonchev–Trinajstić information content (AvgIpc) is 3.07.